The van der Waals surface area contributed by atoms with Gasteiger partial charge in [0.25, 0.3) is 15.9 Å². The number of sulfonamides is 1. The number of esters is 1. The number of carbonyl (C=O) groups excluding carboxylic acids is 2. The fraction of sp³-hybridized carbons (Fsp3) is 0.200. The van der Waals surface area contributed by atoms with Crippen LogP contribution >= 0.6 is 11.3 Å². The molecule has 9 heteroatoms. The van der Waals surface area contributed by atoms with Gasteiger partial charge in [-0.2, -0.15) is 4.72 Å². The molecule has 1 amide bonds. The van der Waals surface area contributed by atoms with E-state index < -0.39 is 35.1 Å². The smallest absolute Gasteiger partial charge is 0.321 e. The Morgan fingerprint density at radius 1 is 1.17 bits per heavy atom. The van der Waals surface area contributed by atoms with Crippen LogP contribution < -0.4 is 10.0 Å². The van der Waals surface area contributed by atoms with E-state index in [4.69, 9.17) is 4.74 Å². The van der Waals surface area contributed by atoms with Crippen LogP contribution in [0.2, 0.25) is 0 Å². The van der Waals surface area contributed by atoms with Crippen molar-refractivity contribution < 1.29 is 22.7 Å². The number of para-hydroxylation sites is 1. The summed E-state index contributed by atoms with van der Waals surface area (Å²) >= 11 is 1.04. The molecule has 7 nitrogen and oxygen atoms in total. The predicted octanol–water partition coefficient (Wildman–Crippen LogP) is 1.52. The van der Waals surface area contributed by atoms with E-state index in [-0.39, 0.29) is 4.21 Å². The van der Waals surface area contributed by atoms with Crippen LogP contribution in [0.1, 0.15) is 5.56 Å². The van der Waals surface area contributed by atoms with Gasteiger partial charge < -0.3 is 10.1 Å². The molecule has 1 aromatic carbocycles. The first kappa shape index (κ1) is 18.1. The molecule has 0 unspecified atom stereocenters. The van der Waals surface area contributed by atoms with Crippen LogP contribution in [0.5, 0.6) is 0 Å². The summed E-state index contributed by atoms with van der Waals surface area (Å²) in [7, 11) is -3.74. The average Bonchev–Trinajstić information content (AvgIpc) is 3.09. The minimum absolute atomic E-state index is 0.104. The van der Waals surface area contributed by atoms with E-state index in [0.29, 0.717) is 5.69 Å². The Labute approximate surface area is 143 Å². The van der Waals surface area contributed by atoms with Crippen molar-refractivity contribution in [2.24, 2.45) is 0 Å². The average molecular weight is 368 g/mol. The number of amides is 1. The van der Waals surface area contributed by atoms with Crippen molar-refractivity contribution >= 4 is 38.9 Å². The summed E-state index contributed by atoms with van der Waals surface area (Å²) < 4.78 is 30.6. The first-order valence-corrected chi connectivity index (χ1v) is 9.29. The maximum atomic E-state index is 11.8. The molecule has 0 radical (unpaired) electrons. The Kier molecular flexibility index (Phi) is 6.07. The number of rotatable bonds is 7. The van der Waals surface area contributed by atoms with Gasteiger partial charge in [0.1, 0.15) is 10.8 Å². The lowest BCUT2D eigenvalue weighted by Gasteiger charge is -2.09. The summed E-state index contributed by atoms with van der Waals surface area (Å²) in [5, 5.41) is 4.22. The Morgan fingerprint density at radius 2 is 1.92 bits per heavy atom. The van der Waals surface area contributed by atoms with Gasteiger partial charge in [-0.3, -0.25) is 9.59 Å². The minimum atomic E-state index is -3.74. The molecule has 0 aliphatic heterocycles. The molecule has 24 heavy (non-hydrogen) atoms. The van der Waals surface area contributed by atoms with Crippen LogP contribution in [0.25, 0.3) is 0 Å². The quantitative estimate of drug-likeness (QED) is 0.722. The van der Waals surface area contributed by atoms with Crippen molar-refractivity contribution in [1.82, 2.24) is 4.72 Å². The molecule has 0 bridgehead atoms. The SMILES string of the molecule is Cc1ccccc1NC(=O)COC(=O)CNS(=O)(=O)c1cccs1. The third-order valence-corrected chi connectivity index (χ3v) is 5.75. The molecule has 1 heterocycles. The van der Waals surface area contributed by atoms with Gasteiger partial charge in [-0.15, -0.1) is 11.3 Å². The number of carbonyl (C=O) groups is 2. The van der Waals surface area contributed by atoms with Gasteiger partial charge in [0.05, 0.1) is 0 Å². The molecule has 0 atom stereocenters. The second-order valence-corrected chi connectivity index (χ2v) is 7.72. The number of benzene rings is 1. The first-order chi connectivity index (χ1) is 11.4. The molecule has 0 saturated carbocycles. The fourth-order valence-electron chi connectivity index (χ4n) is 1.74. The summed E-state index contributed by atoms with van der Waals surface area (Å²) in [4.78, 5) is 23.3. The Hall–Kier alpha value is -2.23. The van der Waals surface area contributed by atoms with Gasteiger partial charge >= 0.3 is 5.97 Å². The molecular formula is C15H16N2O5S2. The van der Waals surface area contributed by atoms with Crippen LogP contribution in [0, 0.1) is 6.92 Å². The normalized spacial score (nSPS) is 11.0. The number of hydrogen-bond acceptors (Lipinski definition) is 6. The lowest BCUT2D eigenvalue weighted by atomic mass is 10.2. The molecule has 2 N–H and O–H groups in total. The molecule has 2 aromatic rings. The number of nitrogens with one attached hydrogen (secondary N) is 2. The summed E-state index contributed by atoms with van der Waals surface area (Å²) in [6, 6.07) is 10.2. The Morgan fingerprint density at radius 3 is 2.58 bits per heavy atom. The lowest BCUT2D eigenvalue weighted by Crippen LogP contribution is -2.32. The largest absolute Gasteiger partial charge is 0.455 e. The summed E-state index contributed by atoms with van der Waals surface area (Å²) in [6.07, 6.45) is 0. The highest BCUT2D eigenvalue weighted by Gasteiger charge is 2.17. The highest BCUT2D eigenvalue weighted by Crippen LogP contribution is 2.15. The van der Waals surface area contributed by atoms with Gasteiger partial charge in [0.2, 0.25) is 0 Å². The molecule has 0 aliphatic rings. The van der Waals surface area contributed by atoms with Crippen LogP contribution in [0.4, 0.5) is 5.69 Å². The van der Waals surface area contributed by atoms with E-state index >= 15 is 0 Å². The molecule has 128 valence electrons. The van der Waals surface area contributed by atoms with Gasteiger partial charge in [0, 0.05) is 5.69 Å². The minimum Gasteiger partial charge on any atom is -0.455 e. The predicted molar refractivity (Wildman–Crippen MR) is 90.3 cm³/mol. The number of thiophene rings is 1. The summed E-state index contributed by atoms with van der Waals surface area (Å²) in [5.74, 6) is -1.34. The lowest BCUT2D eigenvalue weighted by molar-refractivity contribution is -0.146. The van der Waals surface area contributed by atoms with Crippen molar-refractivity contribution in [2.45, 2.75) is 11.1 Å². The van der Waals surface area contributed by atoms with E-state index in [1.807, 2.05) is 19.1 Å². The number of aryl methyl sites for hydroxylation is 1. The zero-order valence-corrected chi connectivity index (χ0v) is 14.4. The van der Waals surface area contributed by atoms with Gasteiger partial charge in [-0.05, 0) is 30.0 Å². The zero-order chi connectivity index (χ0) is 17.6. The third kappa shape index (κ3) is 5.15. The highest BCUT2D eigenvalue weighted by molar-refractivity contribution is 7.91. The first-order valence-electron chi connectivity index (χ1n) is 6.93. The Bertz CT molecular complexity index is 816. The monoisotopic (exact) mass is 368 g/mol. The fourth-order valence-corrected chi connectivity index (χ4v) is 3.74. The molecule has 0 spiro atoms. The van der Waals surface area contributed by atoms with E-state index in [1.54, 1.807) is 23.6 Å². The molecule has 0 aliphatic carbocycles. The second kappa shape index (κ2) is 8.04. The summed E-state index contributed by atoms with van der Waals surface area (Å²) in [5.41, 5.74) is 1.50. The van der Waals surface area contributed by atoms with Gasteiger partial charge in [0.15, 0.2) is 6.61 Å². The van der Waals surface area contributed by atoms with Crippen LogP contribution in [-0.2, 0) is 24.3 Å². The van der Waals surface area contributed by atoms with Crippen molar-refractivity contribution in [3.05, 3.63) is 47.3 Å². The van der Waals surface area contributed by atoms with Crippen LogP contribution in [0.15, 0.2) is 46.0 Å². The standard InChI is InChI=1S/C15H16N2O5S2/c1-11-5-2-3-6-12(11)17-13(18)10-22-14(19)9-16-24(20,21)15-7-4-8-23-15/h2-8,16H,9-10H2,1H3,(H,17,18). The molecule has 1 aromatic heterocycles. The molecule has 2 rings (SSSR count). The van der Waals surface area contributed by atoms with Gasteiger partial charge in [-0.1, -0.05) is 24.3 Å². The van der Waals surface area contributed by atoms with Crippen molar-refractivity contribution in [3.8, 4) is 0 Å². The van der Waals surface area contributed by atoms with Crippen molar-refractivity contribution in [1.29, 1.82) is 0 Å². The van der Waals surface area contributed by atoms with Crippen molar-refractivity contribution in [2.75, 3.05) is 18.5 Å². The molecular weight excluding hydrogens is 352 g/mol. The zero-order valence-electron chi connectivity index (χ0n) is 12.8. The highest BCUT2D eigenvalue weighted by atomic mass is 32.2. The van der Waals surface area contributed by atoms with E-state index in [1.165, 1.54) is 6.07 Å². The molecule has 0 fully saturated rings. The number of ether oxygens (including phenoxy) is 1. The number of anilines is 1. The van der Waals surface area contributed by atoms with E-state index in [2.05, 4.69) is 10.0 Å². The maximum Gasteiger partial charge on any atom is 0.321 e. The topological polar surface area (TPSA) is 102 Å². The van der Waals surface area contributed by atoms with E-state index in [9.17, 15) is 18.0 Å². The molecule has 0 saturated heterocycles. The maximum absolute atomic E-state index is 11.8. The van der Waals surface area contributed by atoms with E-state index in [0.717, 1.165) is 16.9 Å². The van der Waals surface area contributed by atoms with Crippen LogP contribution in [-0.4, -0.2) is 33.4 Å². The second-order valence-electron chi connectivity index (χ2n) is 4.78. The summed E-state index contributed by atoms with van der Waals surface area (Å²) in [6.45, 7) is 0.798. The van der Waals surface area contributed by atoms with Crippen LogP contribution in [0.3, 0.4) is 0 Å². The van der Waals surface area contributed by atoms with Crippen molar-refractivity contribution in [3.63, 3.8) is 0 Å². The Balaban J connectivity index is 1.77. The third-order valence-electron chi connectivity index (χ3n) is 2.95. The number of hydrogen-bond donors (Lipinski definition) is 2. The van der Waals surface area contributed by atoms with Gasteiger partial charge in [-0.25, -0.2) is 8.42 Å².